The molecule has 0 N–H and O–H groups in total. The zero-order valence-corrected chi connectivity index (χ0v) is 14.6. The van der Waals surface area contributed by atoms with E-state index in [-0.39, 0.29) is 0 Å². The highest BCUT2D eigenvalue weighted by Gasteiger charge is 2.21. The standard InChI is InChI=1S/C22H19N2O/c1-5-15-18(23-3)12-11-16-17-10-9-14(2)20(22(17)25-21(15)16)19-8-6-7-13-24(19)4/h6-13H,5H2,1-2,4H3/q+1. The van der Waals surface area contributed by atoms with Crippen LogP contribution >= 0.6 is 0 Å². The molecular weight excluding hydrogens is 308 g/mol. The van der Waals surface area contributed by atoms with Gasteiger partial charge in [0.25, 0.3) is 0 Å². The number of aromatic nitrogens is 1. The molecule has 0 radical (unpaired) electrons. The molecule has 0 spiro atoms. The van der Waals surface area contributed by atoms with E-state index in [0.29, 0.717) is 5.69 Å². The first-order valence-electron chi connectivity index (χ1n) is 8.46. The van der Waals surface area contributed by atoms with Crippen LogP contribution in [0.1, 0.15) is 18.1 Å². The first-order valence-corrected chi connectivity index (χ1v) is 8.46. The van der Waals surface area contributed by atoms with Crippen LogP contribution in [-0.4, -0.2) is 0 Å². The molecule has 0 fully saturated rings. The molecule has 4 aromatic rings. The summed E-state index contributed by atoms with van der Waals surface area (Å²) in [6.07, 6.45) is 2.83. The number of hydrogen-bond acceptors (Lipinski definition) is 1. The number of hydrogen-bond donors (Lipinski definition) is 0. The highest BCUT2D eigenvalue weighted by Crippen LogP contribution is 2.40. The van der Waals surface area contributed by atoms with Crippen LogP contribution in [0.2, 0.25) is 0 Å². The van der Waals surface area contributed by atoms with Gasteiger partial charge in [-0.05, 0) is 25.0 Å². The first kappa shape index (κ1) is 15.4. The average molecular weight is 327 g/mol. The van der Waals surface area contributed by atoms with E-state index >= 15 is 0 Å². The Hall–Kier alpha value is -3.12. The highest BCUT2D eigenvalue weighted by molar-refractivity contribution is 6.11. The summed E-state index contributed by atoms with van der Waals surface area (Å²) in [5.74, 6) is 0. The van der Waals surface area contributed by atoms with Gasteiger partial charge in [-0.25, -0.2) is 9.41 Å². The molecule has 2 aromatic carbocycles. The smallest absolute Gasteiger partial charge is 0.216 e. The van der Waals surface area contributed by atoms with Gasteiger partial charge in [0.2, 0.25) is 5.69 Å². The second kappa shape index (κ2) is 5.75. The van der Waals surface area contributed by atoms with Crippen molar-refractivity contribution in [2.45, 2.75) is 20.3 Å². The van der Waals surface area contributed by atoms with Crippen molar-refractivity contribution in [3.05, 3.63) is 71.2 Å². The molecule has 122 valence electrons. The van der Waals surface area contributed by atoms with Crippen molar-refractivity contribution < 1.29 is 8.98 Å². The summed E-state index contributed by atoms with van der Waals surface area (Å²) in [7, 11) is 2.05. The predicted octanol–water partition coefficient (Wildman–Crippen LogP) is 5.50. The Morgan fingerprint density at radius 1 is 1.04 bits per heavy atom. The summed E-state index contributed by atoms with van der Waals surface area (Å²) in [5, 5.41) is 2.18. The van der Waals surface area contributed by atoms with E-state index < -0.39 is 0 Å². The van der Waals surface area contributed by atoms with Crippen molar-refractivity contribution in [1.29, 1.82) is 0 Å². The fraction of sp³-hybridized carbons (Fsp3) is 0.182. The van der Waals surface area contributed by atoms with E-state index in [1.54, 1.807) is 0 Å². The van der Waals surface area contributed by atoms with E-state index in [4.69, 9.17) is 11.0 Å². The van der Waals surface area contributed by atoms with Crippen LogP contribution in [0, 0.1) is 13.5 Å². The third kappa shape index (κ3) is 2.22. The van der Waals surface area contributed by atoms with Crippen molar-refractivity contribution in [2.75, 3.05) is 0 Å². The largest absolute Gasteiger partial charge is 0.456 e. The number of rotatable bonds is 2. The van der Waals surface area contributed by atoms with Gasteiger partial charge in [0.05, 0.1) is 12.1 Å². The van der Waals surface area contributed by atoms with Crippen molar-refractivity contribution in [2.24, 2.45) is 7.05 Å². The van der Waals surface area contributed by atoms with E-state index in [9.17, 15) is 0 Å². The Morgan fingerprint density at radius 3 is 2.52 bits per heavy atom. The molecule has 0 bridgehead atoms. The second-order valence-electron chi connectivity index (χ2n) is 6.34. The predicted molar refractivity (Wildman–Crippen MR) is 101 cm³/mol. The molecule has 0 atom stereocenters. The van der Waals surface area contributed by atoms with Crippen molar-refractivity contribution in [1.82, 2.24) is 0 Å². The lowest BCUT2D eigenvalue weighted by molar-refractivity contribution is -0.660. The van der Waals surface area contributed by atoms with Crippen LogP contribution in [0.5, 0.6) is 0 Å². The van der Waals surface area contributed by atoms with Gasteiger partial charge >= 0.3 is 0 Å². The van der Waals surface area contributed by atoms with Crippen molar-refractivity contribution >= 4 is 27.6 Å². The molecule has 0 aliphatic heterocycles. The minimum absolute atomic E-state index is 0.678. The lowest BCUT2D eigenvalue weighted by Gasteiger charge is -2.04. The second-order valence-corrected chi connectivity index (χ2v) is 6.34. The summed E-state index contributed by atoms with van der Waals surface area (Å²) in [4.78, 5) is 3.66. The average Bonchev–Trinajstić information content (AvgIpc) is 3.00. The topological polar surface area (TPSA) is 21.4 Å². The fourth-order valence-electron chi connectivity index (χ4n) is 3.60. The van der Waals surface area contributed by atoms with Crippen molar-refractivity contribution in [3.8, 4) is 11.3 Å². The lowest BCUT2D eigenvalue weighted by Crippen LogP contribution is -2.30. The lowest BCUT2D eigenvalue weighted by atomic mass is 9.99. The maximum absolute atomic E-state index is 7.42. The third-order valence-electron chi connectivity index (χ3n) is 4.88. The Labute approximate surface area is 147 Å². The molecule has 25 heavy (non-hydrogen) atoms. The third-order valence-corrected chi connectivity index (χ3v) is 4.88. The van der Waals surface area contributed by atoms with E-state index in [1.165, 1.54) is 5.56 Å². The molecule has 0 saturated heterocycles. The van der Waals surface area contributed by atoms with Crippen LogP contribution in [0.4, 0.5) is 5.69 Å². The molecule has 0 saturated carbocycles. The van der Waals surface area contributed by atoms with Crippen molar-refractivity contribution in [3.63, 3.8) is 0 Å². The van der Waals surface area contributed by atoms with Gasteiger partial charge in [0.15, 0.2) is 11.9 Å². The van der Waals surface area contributed by atoms with Gasteiger partial charge in [-0.15, -0.1) is 0 Å². The van der Waals surface area contributed by atoms with Gasteiger partial charge in [-0.2, -0.15) is 0 Å². The Balaban J connectivity index is 2.17. The first-order chi connectivity index (χ1) is 12.2. The highest BCUT2D eigenvalue weighted by atomic mass is 16.3. The van der Waals surface area contributed by atoms with Crippen LogP contribution < -0.4 is 4.57 Å². The zero-order chi connectivity index (χ0) is 17.6. The molecule has 3 nitrogen and oxygen atoms in total. The zero-order valence-electron chi connectivity index (χ0n) is 14.6. The molecule has 2 heterocycles. The van der Waals surface area contributed by atoms with Gasteiger partial charge in [-0.1, -0.05) is 31.2 Å². The molecule has 4 rings (SSSR count). The fourth-order valence-corrected chi connectivity index (χ4v) is 3.60. The van der Waals surface area contributed by atoms with Gasteiger partial charge in [0.1, 0.15) is 18.2 Å². The van der Waals surface area contributed by atoms with Gasteiger partial charge in [0, 0.05) is 28.5 Å². The Bertz CT molecular complexity index is 1160. The Morgan fingerprint density at radius 2 is 1.80 bits per heavy atom. The summed E-state index contributed by atoms with van der Waals surface area (Å²) in [6, 6.07) is 14.4. The molecule has 3 heteroatoms. The minimum Gasteiger partial charge on any atom is -0.456 e. The molecule has 0 aliphatic carbocycles. The minimum atomic E-state index is 0.678. The van der Waals surface area contributed by atoms with Crippen LogP contribution in [-0.2, 0) is 13.5 Å². The monoisotopic (exact) mass is 327 g/mol. The van der Waals surface area contributed by atoms with Crippen LogP contribution in [0.25, 0.3) is 38.0 Å². The summed E-state index contributed by atoms with van der Waals surface area (Å²) in [5.41, 5.74) is 6.82. The maximum Gasteiger partial charge on any atom is 0.216 e. The summed E-state index contributed by atoms with van der Waals surface area (Å²) < 4.78 is 8.49. The maximum atomic E-state index is 7.42. The molecule has 0 amide bonds. The SMILES string of the molecule is [C-]#[N+]c1ccc2c(oc3c(-c4cccc[n+]4C)c(C)ccc32)c1CC. The number of pyridine rings is 1. The molecule has 0 unspecified atom stereocenters. The molecule has 2 aromatic heterocycles. The van der Waals surface area contributed by atoms with Gasteiger partial charge in [-0.3, -0.25) is 0 Å². The van der Waals surface area contributed by atoms with Crippen LogP contribution in [0.3, 0.4) is 0 Å². The van der Waals surface area contributed by atoms with E-state index in [2.05, 4.69) is 41.5 Å². The number of aryl methyl sites for hydroxylation is 3. The summed E-state index contributed by atoms with van der Waals surface area (Å²) in [6.45, 7) is 11.6. The number of benzene rings is 2. The van der Waals surface area contributed by atoms with E-state index in [1.807, 2.05) is 37.5 Å². The summed E-state index contributed by atoms with van der Waals surface area (Å²) >= 11 is 0. The number of furan rings is 1. The van der Waals surface area contributed by atoms with Gasteiger partial charge < -0.3 is 4.42 Å². The molecule has 0 aliphatic rings. The molecular formula is C22H19N2O+. The number of nitrogens with zero attached hydrogens (tertiary/aromatic N) is 2. The van der Waals surface area contributed by atoms with E-state index in [0.717, 1.165) is 45.2 Å². The normalized spacial score (nSPS) is 11.1. The number of fused-ring (bicyclic) bond motifs is 3. The van der Waals surface area contributed by atoms with Crippen LogP contribution in [0.15, 0.2) is 53.1 Å². The Kier molecular flexibility index (Phi) is 3.54. The quantitative estimate of drug-likeness (QED) is 0.352.